The summed E-state index contributed by atoms with van der Waals surface area (Å²) < 4.78 is 7.33. The maximum atomic E-state index is 12.3. The Balaban J connectivity index is 1.82. The number of ether oxygens (including phenoxy) is 1. The molecule has 1 amide bonds. The molecule has 0 bridgehead atoms. The number of carbonyl (C=O) groups is 1. The van der Waals surface area contributed by atoms with Gasteiger partial charge in [-0.2, -0.15) is 0 Å². The van der Waals surface area contributed by atoms with Gasteiger partial charge in [-0.15, -0.1) is 0 Å². The predicted molar refractivity (Wildman–Crippen MR) is 101 cm³/mol. The van der Waals surface area contributed by atoms with Crippen molar-refractivity contribution in [3.63, 3.8) is 0 Å². The van der Waals surface area contributed by atoms with Gasteiger partial charge in [-0.25, -0.2) is 4.98 Å². The normalized spacial score (nSPS) is 10.7. The van der Waals surface area contributed by atoms with Crippen molar-refractivity contribution in [3.05, 3.63) is 70.3 Å². The van der Waals surface area contributed by atoms with Gasteiger partial charge < -0.3 is 10.1 Å². The number of amides is 1. The Morgan fingerprint density at radius 2 is 2.04 bits per heavy atom. The summed E-state index contributed by atoms with van der Waals surface area (Å²) in [5.74, 6) is 0.491. The van der Waals surface area contributed by atoms with Gasteiger partial charge in [-0.05, 0) is 37.1 Å². The lowest BCUT2D eigenvalue weighted by Crippen LogP contribution is -2.17. The van der Waals surface area contributed by atoms with E-state index in [0.29, 0.717) is 29.2 Å². The smallest absolute Gasteiger partial charge is 0.258 e. The van der Waals surface area contributed by atoms with Crippen LogP contribution in [-0.4, -0.2) is 15.3 Å². The van der Waals surface area contributed by atoms with E-state index in [1.807, 2.05) is 38.1 Å². The maximum absolute atomic E-state index is 12.3. The Labute approximate surface area is 151 Å². The van der Waals surface area contributed by atoms with Crippen LogP contribution in [0.4, 0.5) is 5.69 Å². The van der Waals surface area contributed by atoms with Crippen molar-refractivity contribution in [2.24, 2.45) is 0 Å². The lowest BCUT2D eigenvalue weighted by Gasteiger charge is -2.12. The number of pyridine rings is 1. The van der Waals surface area contributed by atoms with Crippen LogP contribution in [0.3, 0.4) is 0 Å². The highest BCUT2D eigenvalue weighted by molar-refractivity contribution is 5.92. The molecule has 2 aromatic heterocycles. The SMILES string of the molecule is CCCC(=O)Nc1ccccc1OCc1cc(=O)n2cccc(C)c2n1. The molecule has 0 aliphatic carbocycles. The van der Waals surface area contributed by atoms with Crippen LogP contribution in [0.15, 0.2) is 53.5 Å². The molecule has 0 spiro atoms. The number of rotatable bonds is 6. The summed E-state index contributed by atoms with van der Waals surface area (Å²) in [6, 6.07) is 12.4. The number of benzene rings is 1. The molecular formula is C20H21N3O3. The summed E-state index contributed by atoms with van der Waals surface area (Å²) in [7, 11) is 0. The lowest BCUT2D eigenvalue weighted by molar-refractivity contribution is -0.116. The molecule has 6 heteroatoms. The predicted octanol–water partition coefficient (Wildman–Crippen LogP) is 3.32. The van der Waals surface area contributed by atoms with E-state index < -0.39 is 0 Å². The van der Waals surface area contributed by atoms with E-state index in [0.717, 1.165) is 12.0 Å². The van der Waals surface area contributed by atoms with Gasteiger partial charge in [-0.3, -0.25) is 14.0 Å². The van der Waals surface area contributed by atoms with Crippen LogP contribution in [0.1, 0.15) is 31.0 Å². The number of hydrogen-bond donors (Lipinski definition) is 1. The Morgan fingerprint density at radius 1 is 1.23 bits per heavy atom. The highest BCUT2D eigenvalue weighted by atomic mass is 16.5. The second-order valence-electron chi connectivity index (χ2n) is 6.05. The quantitative estimate of drug-likeness (QED) is 0.739. The molecule has 0 aliphatic heterocycles. The molecule has 3 rings (SSSR count). The third kappa shape index (κ3) is 3.91. The van der Waals surface area contributed by atoms with Crippen molar-refractivity contribution >= 4 is 17.2 Å². The molecule has 6 nitrogen and oxygen atoms in total. The first kappa shape index (κ1) is 17.7. The third-order valence-electron chi connectivity index (χ3n) is 3.95. The van der Waals surface area contributed by atoms with Gasteiger partial charge in [0, 0.05) is 18.7 Å². The van der Waals surface area contributed by atoms with Crippen LogP contribution >= 0.6 is 0 Å². The van der Waals surface area contributed by atoms with Crippen molar-refractivity contribution in [2.45, 2.75) is 33.3 Å². The second-order valence-corrected chi connectivity index (χ2v) is 6.05. The number of nitrogens with zero attached hydrogens (tertiary/aromatic N) is 2. The zero-order valence-electron chi connectivity index (χ0n) is 14.9. The Bertz CT molecular complexity index is 995. The first-order chi connectivity index (χ1) is 12.6. The van der Waals surface area contributed by atoms with Crippen LogP contribution in [-0.2, 0) is 11.4 Å². The average Bonchev–Trinajstić information content (AvgIpc) is 2.62. The molecule has 0 atom stereocenters. The molecule has 134 valence electrons. The number of nitrogens with one attached hydrogen (secondary N) is 1. The molecule has 1 aromatic carbocycles. The number of carbonyl (C=O) groups excluding carboxylic acids is 1. The van der Waals surface area contributed by atoms with Crippen molar-refractivity contribution in [1.29, 1.82) is 0 Å². The van der Waals surface area contributed by atoms with Gasteiger partial charge in [0.25, 0.3) is 5.56 Å². The molecule has 0 fully saturated rings. The fourth-order valence-electron chi connectivity index (χ4n) is 2.67. The minimum absolute atomic E-state index is 0.0544. The number of hydrogen-bond acceptors (Lipinski definition) is 4. The van der Waals surface area contributed by atoms with Crippen molar-refractivity contribution < 1.29 is 9.53 Å². The topological polar surface area (TPSA) is 72.7 Å². The van der Waals surface area contributed by atoms with E-state index in [9.17, 15) is 9.59 Å². The summed E-state index contributed by atoms with van der Waals surface area (Å²) in [6.45, 7) is 4.00. The van der Waals surface area contributed by atoms with Crippen LogP contribution in [0.5, 0.6) is 5.75 Å². The maximum Gasteiger partial charge on any atom is 0.258 e. The lowest BCUT2D eigenvalue weighted by atomic mass is 10.2. The Kier molecular flexibility index (Phi) is 5.31. The molecule has 26 heavy (non-hydrogen) atoms. The summed E-state index contributed by atoms with van der Waals surface area (Å²) in [5.41, 5.74) is 2.53. The van der Waals surface area contributed by atoms with E-state index in [1.54, 1.807) is 18.3 Å². The van der Waals surface area contributed by atoms with E-state index in [-0.39, 0.29) is 18.1 Å². The summed E-state index contributed by atoms with van der Waals surface area (Å²) in [4.78, 5) is 28.6. The fourth-order valence-corrected chi connectivity index (χ4v) is 2.67. The molecule has 1 N–H and O–H groups in total. The third-order valence-corrected chi connectivity index (χ3v) is 3.95. The zero-order chi connectivity index (χ0) is 18.5. The number of aryl methyl sites for hydroxylation is 1. The summed E-state index contributed by atoms with van der Waals surface area (Å²) >= 11 is 0. The van der Waals surface area contributed by atoms with Gasteiger partial charge in [0.05, 0.1) is 11.4 Å². The largest absolute Gasteiger partial charge is 0.485 e. The van der Waals surface area contributed by atoms with Gasteiger partial charge in [0.2, 0.25) is 5.91 Å². The molecule has 3 aromatic rings. The minimum Gasteiger partial charge on any atom is -0.485 e. The molecule has 0 radical (unpaired) electrons. The highest BCUT2D eigenvalue weighted by Crippen LogP contribution is 2.24. The van der Waals surface area contributed by atoms with Gasteiger partial charge >= 0.3 is 0 Å². The van der Waals surface area contributed by atoms with Crippen LogP contribution in [0.2, 0.25) is 0 Å². The highest BCUT2D eigenvalue weighted by Gasteiger charge is 2.09. The first-order valence-electron chi connectivity index (χ1n) is 8.58. The molecule has 0 unspecified atom stereocenters. The second kappa shape index (κ2) is 7.82. The van der Waals surface area contributed by atoms with E-state index >= 15 is 0 Å². The Morgan fingerprint density at radius 3 is 2.85 bits per heavy atom. The molecule has 2 heterocycles. The van der Waals surface area contributed by atoms with Gasteiger partial charge in [0.1, 0.15) is 18.0 Å². The van der Waals surface area contributed by atoms with E-state index in [1.165, 1.54) is 10.5 Å². The van der Waals surface area contributed by atoms with Crippen molar-refractivity contribution in [3.8, 4) is 5.75 Å². The number of anilines is 1. The van der Waals surface area contributed by atoms with Gasteiger partial charge in [-0.1, -0.05) is 25.1 Å². The summed E-state index contributed by atoms with van der Waals surface area (Å²) in [6.07, 6.45) is 2.93. The summed E-state index contributed by atoms with van der Waals surface area (Å²) in [5, 5.41) is 2.85. The van der Waals surface area contributed by atoms with Crippen LogP contribution in [0, 0.1) is 6.92 Å². The van der Waals surface area contributed by atoms with Crippen LogP contribution in [0.25, 0.3) is 5.65 Å². The average molecular weight is 351 g/mol. The molecule has 0 aliphatic rings. The van der Waals surface area contributed by atoms with E-state index in [4.69, 9.17) is 4.74 Å². The van der Waals surface area contributed by atoms with Crippen LogP contribution < -0.4 is 15.6 Å². The van der Waals surface area contributed by atoms with Crippen molar-refractivity contribution in [2.75, 3.05) is 5.32 Å². The Hall–Kier alpha value is -3.15. The number of para-hydroxylation sites is 2. The van der Waals surface area contributed by atoms with E-state index in [2.05, 4.69) is 10.3 Å². The zero-order valence-corrected chi connectivity index (χ0v) is 14.9. The molecular weight excluding hydrogens is 330 g/mol. The van der Waals surface area contributed by atoms with Gasteiger partial charge in [0.15, 0.2) is 0 Å². The standard InChI is InChI=1S/C20H21N3O3/c1-3-7-18(24)22-16-9-4-5-10-17(16)26-13-15-12-19(25)23-11-6-8-14(2)20(23)21-15/h4-6,8-12H,3,7,13H2,1-2H3,(H,22,24). The van der Waals surface area contributed by atoms with Crippen molar-refractivity contribution in [1.82, 2.24) is 9.38 Å². The molecule has 0 saturated heterocycles. The fraction of sp³-hybridized carbons (Fsp3) is 0.250. The molecule has 0 saturated carbocycles. The first-order valence-corrected chi connectivity index (χ1v) is 8.58. The number of aromatic nitrogens is 2. The minimum atomic E-state index is -0.151. The monoisotopic (exact) mass is 351 g/mol. The number of fused-ring (bicyclic) bond motifs is 1.